The molecule has 0 radical (unpaired) electrons. The number of carbonyl (C=O) groups is 2. The highest BCUT2D eigenvalue weighted by Gasteiger charge is 2.18. The summed E-state index contributed by atoms with van der Waals surface area (Å²) < 4.78 is 34.0. The number of hydrogen-bond donors (Lipinski definition) is 1. The fraction of sp³-hybridized carbons (Fsp3) is 0.308. The van der Waals surface area contributed by atoms with Gasteiger partial charge in [0.05, 0.1) is 5.69 Å². The van der Waals surface area contributed by atoms with Crippen molar-refractivity contribution in [2.45, 2.75) is 33.3 Å². The molecule has 2 aromatic carbocycles. The summed E-state index contributed by atoms with van der Waals surface area (Å²) >= 11 is 3.22. The minimum absolute atomic E-state index is 0.0143. The van der Waals surface area contributed by atoms with E-state index in [1.54, 1.807) is 46.1 Å². The Labute approximate surface area is 221 Å². The van der Waals surface area contributed by atoms with E-state index in [9.17, 15) is 23.2 Å². The topological polar surface area (TPSA) is 93.5 Å². The average molecular weight is 577 g/mol. The van der Waals surface area contributed by atoms with Crippen molar-refractivity contribution in [3.05, 3.63) is 85.4 Å². The van der Waals surface area contributed by atoms with Crippen LogP contribution in [0.5, 0.6) is 5.88 Å². The fourth-order valence-corrected chi connectivity index (χ4v) is 3.89. The molecule has 8 nitrogen and oxygen atoms in total. The molecule has 3 rings (SSSR count). The van der Waals surface area contributed by atoms with Crippen LogP contribution in [0.1, 0.15) is 40.2 Å². The number of aromatic nitrogens is 2. The van der Waals surface area contributed by atoms with Crippen LogP contribution in [0.4, 0.5) is 8.78 Å². The molecule has 1 aromatic heterocycles. The second kappa shape index (κ2) is 12.1. The Hall–Kier alpha value is -3.60. The van der Waals surface area contributed by atoms with Crippen molar-refractivity contribution in [3.8, 4) is 11.6 Å². The highest BCUT2D eigenvalue weighted by atomic mass is 79.9. The summed E-state index contributed by atoms with van der Waals surface area (Å²) in [5, 5.41) is 2.79. The number of carbonyl (C=O) groups excluding carboxylic acids is 2. The maximum absolute atomic E-state index is 13.9. The molecule has 0 aliphatic heterocycles. The lowest BCUT2D eigenvalue weighted by atomic mass is 10.1. The van der Waals surface area contributed by atoms with Crippen LogP contribution in [-0.2, 0) is 11.4 Å². The van der Waals surface area contributed by atoms with Crippen LogP contribution < -0.4 is 15.6 Å². The first-order valence-corrected chi connectivity index (χ1v) is 12.2. The third kappa shape index (κ3) is 6.79. The second-order valence-corrected chi connectivity index (χ2v) is 9.39. The van der Waals surface area contributed by atoms with Gasteiger partial charge in [0.25, 0.3) is 11.5 Å². The van der Waals surface area contributed by atoms with Gasteiger partial charge >= 0.3 is 0 Å². The van der Waals surface area contributed by atoms with Gasteiger partial charge in [-0.3, -0.25) is 19.0 Å². The Kier molecular flexibility index (Phi) is 9.14. The van der Waals surface area contributed by atoms with E-state index in [0.717, 1.165) is 17.7 Å². The van der Waals surface area contributed by atoms with Crippen molar-refractivity contribution >= 4 is 27.7 Å². The third-order valence-electron chi connectivity index (χ3n) is 5.61. The van der Waals surface area contributed by atoms with E-state index in [-0.39, 0.29) is 40.2 Å². The number of ether oxygens (including phenoxy) is 1. The number of nitrogens with zero attached hydrogens (tertiary/aromatic N) is 3. The van der Waals surface area contributed by atoms with Gasteiger partial charge in [-0.05, 0) is 66.0 Å². The van der Waals surface area contributed by atoms with Gasteiger partial charge in [0.15, 0.2) is 0 Å². The standard InChI is InChI=1S/C26H27BrF2N4O4/c1-15-7-8-17(24(35)30-11-5-6-22(34)32(3)4)12-21(15)33-16(2)31-25(23(27)26(33)36)37-14-18-9-10-19(28)13-20(18)29/h7-10,12-13H,5-6,11,14H2,1-4H3,(H,30,35). The van der Waals surface area contributed by atoms with Gasteiger partial charge in [-0.2, -0.15) is 4.98 Å². The molecule has 0 bridgehead atoms. The predicted octanol–water partition coefficient (Wildman–Crippen LogP) is 4.07. The first kappa shape index (κ1) is 28.0. The van der Waals surface area contributed by atoms with E-state index in [2.05, 4.69) is 26.2 Å². The van der Waals surface area contributed by atoms with E-state index in [1.165, 1.54) is 15.5 Å². The molecule has 0 saturated heterocycles. The number of amides is 2. The van der Waals surface area contributed by atoms with E-state index >= 15 is 0 Å². The lowest BCUT2D eigenvalue weighted by Gasteiger charge is -2.16. The molecule has 0 aliphatic rings. The highest BCUT2D eigenvalue weighted by molar-refractivity contribution is 9.10. The number of aryl methyl sites for hydroxylation is 2. The van der Waals surface area contributed by atoms with Gasteiger partial charge in [0, 0.05) is 44.3 Å². The zero-order chi connectivity index (χ0) is 27.3. The van der Waals surface area contributed by atoms with Crippen LogP contribution in [0, 0.1) is 25.5 Å². The smallest absolute Gasteiger partial charge is 0.276 e. The van der Waals surface area contributed by atoms with Crippen molar-refractivity contribution in [1.82, 2.24) is 19.8 Å². The van der Waals surface area contributed by atoms with E-state index in [4.69, 9.17) is 4.74 Å². The number of benzene rings is 2. The summed E-state index contributed by atoms with van der Waals surface area (Å²) in [5.41, 5.74) is 1.16. The van der Waals surface area contributed by atoms with Crippen LogP contribution in [0.3, 0.4) is 0 Å². The zero-order valence-corrected chi connectivity index (χ0v) is 22.5. The Balaban J connectivity index is 1.81. The maximum Gasteiger partial charge on any atom is 0.276 e. The van der Waals surface area contributed by atoms with Crippen molar-refractivity contribution in [1.29, 1.82) is 0 Å². The lowest BCUT2D eigenvalue weighted by molar-refractivity contribution is -0.128. The van der Waals surface area contributed by atoms with Crippen LogP contribution in [-0.4, -0.2) is 46.9 Å². The molecule has 0 fully saturated rings. The Morgan fingerprint density at radius 1 is 1.14 bits per heavy atom. The molecule has 0 atom stereocenters. The van der Waals surface area contributed by atoms with Gasteiger partial charge in [0.1, 0.15) is 28.5 Å². The number of halogens is 3. The molecule has 3 aromatic rings. The number of hydrogen-bond acceptors (Lipinski definition) is 5. The van der Waals surface area contributed by atoms with Gasteiger partial charge in [-0.1, -0.05) is 6.07 Å². The molecular weight excluding hydrogens is 550 g/mol. The molecule has 1 heterocycles. The quantitative estimate of drug-likeness (QED) is 0.388. The molecule has 2 amide bonds. The molecule has 37 heavy (non-hydrogen) atoms. The predicted molar refractivity (Wildman–Crippen MR) is 138 cm³/mol. The molecule has 1 N–H and O–H groups in total. The minimum atomic E-state index is -0.767. The van der Waals surface area contributed by atoms with Crippen molar-refractivity contribution < 1.29 is 23.1 Å². The molecular formula is C26H27BrF2N4O4. The normalized spacial score (nSPS) is 10.8. The van der Waals surface area contributed by atoms with Gasteiger partial charge in [-0.25, -0.2) is 8.78 Å². The maximum atomic E-state index is 13.9. The summed E-state index contributed by atoms with van der Waals surface area (Å²) in [6.07, 6.45) is 0.823. The van der Waals surface area contributed by atoms with E-state index in [0.29, 0.717) is 30.6 Å². The third-order valence-corrected chi connectivity index (χ3v) is 6.29. The van der Waals surface area contributed by atoms with Crippen molar-refractivity contribution in [2.24, 2.45) is 0 Å². The first-order valence-electron chi connectivity index (χ1n) is 11.4. The van der Waals surface area contributed by atoms with Gasteiger partial charge < -0.3 is 15.0 Å². The summed E-state index contributed by atoms with van der Waals surface area (Å²) in [5.74, 6) is -1.58. The average Bonchev–Trinajstić information content (AvgIpc) is 2.84. The fourth-order valence-electron chi connectivity index (χ4n) is 3.51. The molecule has 0 unspecified atom stereocenters. The number of nitrogens with one attached hydrogen (secondary N) is 1. The van der Waals surface area contributed by atoms with Crippen molar-refractivity contribution in [2.75, 3.05) is 20.6 Å². The molecule has 11 heteroatoms. The zero-order valence-electron chi connectivity index (χ0n) is 20.9. The Bertz CT molecular complexity index is 1390. The Morgan fingerprint density at radius 2 is 1.86 bits per heavy atom. The molecule has 0 spiro atoms. The summed E-state index contributed by atoms with van der Waals surface area (Å²) in [4.78, 5) is 43.4. The summed E-state index contributed by atoms with van der Waals surface area (Å²) in [6, 6.07) is 8.08. The Morgan fingerprint density at radius 3 is 2.54 bits per heavy atom. The van der Waals surface area contributed by atoms with E-state index in [1.807, 2.05) is 0 Å². The molecule has 0 aliphatic carbocycles. The molecule has 0 saturated carbocycles. The van der Waals surface area contributed by atoms with E-state index < -0.39 is 17.2 Å². The van der Waals surface area contributed by atoms with Gasteiger partial charge in [0.2, 0.25) is 11.8 Å². The van der Waals surface area contributed by atoms with Crippen LogP contribution in [0.25, 0.3) is 5.69 Å². The second-order valence-electron chi connectivity index (χ2n) is 8.59. The largest absolute Gasteiger partial charge is 0.472 e. The highest BCUT2D eigenvalue weighted by Crippen LogP contribution is 2.24. The lowest BCUT2D eigenvalue weighted by Crippen LogP contribution is -2.28. The minimum Gasteiger partial charge on any atom is -0.472 e. The SMILES string of the molecule is Cc1ccc(C(=O)NCCCC(=O)N(C)C)cc1-n1c(C)nc(OCc2ccc(F)cc2F)c(Br)c1=O. The summed E-state index contributed by atoms with van der Waals surface area (Å²) in [6.45, 7) is 3.47. The summed E-state index contributed by atoms with van der Waals surface area (Å²) in [7, 11) is 3.35. The van der Waals surface area contributed by atoms with Crippen LogP contribution in [0.2, 0.25) is 0 Å². The van der Waals surface area contributed by atoms with Crippen LogP contribution in [0.15, 0.2) is 45.7 Å². The van der Waals surface area contributed by atoms with Crippen molar-refractivity contribution in [3.63, 3.8) is 0 Å². The van der Waals surface area contributed by atoms with Gasteiger partial charge in [-0.15, -0.1) is 0 Å². The monoisotopic (exact) mass is 576 g/mol. The van der Waals surface area contributed by atoms with Crippen LogP contribution >= 0.6 is 15.9 Å². The first-order chi connectivity index (χ1) is 17.5. The number of rotatable bonds is 9. The molecule has 196 valence electrons.